The van der Waals surface area contributed by atoms with E-state index >= 15 is 0 Å². The number of aliphatic carboxylic acids is 1. The Hall–Kier alpha value is -1.36. The maximum atomic E-state index is 12.6. The van der Waals surface area contributed by atoms with E-state index in [-0.39, 0.29) is 18.2 Å². The molecule has 0 bridgehead atoms. The molecule has 2 rings (SSSR count). The molecule has 4 nitrogen and oxygen atoms in total. The van der Waals surface area contributed by atoms with Crippen LogP contribution in [0.2, 0.25) is 0 Å². The second-order valence-corrected chi connectivity index (χ2v) is 7.26. The first-order chi connectivity index (χ1) is 11.0. The van der Waals surface area contributed by atoms with Crippen LogP contribution in [-0.4, -0.2) is 35.0 Å². The van der Waals surface area contributed by atoms with Gasteiger partial charge in [-0.3, -0.25) is 9.59 Å². The number of piperidine rings is 1. The molecule has 1 saturated heterocycles. The van der Waals surface area contributed by atoms with Crippen molar-refractivity contribution in [2.24, 2.45) is 5.92 Å². The van der Waals surface area contributed by atoms with E-state index in [1.54, 1.807) is 0 Å². The fourth-order valence-corrected chi connectivity index (χ4v) is 3.91. The van der Waals surface area contributed by atoms with Gasteiger partial charge < -0.3 is 10.0 Å². The number of benzene rings is 1. The highest BCUT2D eigenvalue weighted by Gasteiger charge is 2.25. The van der Waals surface area contributed by atoms with Crippen LogP contribution in [0.15, 0.2) is 28.7 Å². The van der Waals surface area contributed by atoms with Gasteiger partial charge in [-0.25, -0.2) is 0 Å². The van der Waals surface area contributed by atoms with E-state index < -0.39 is 5.97 Å². The summed E-state index contributed by atoms with van der Waals surface area (Å²) >= 11 is 3.55. The van der Waals surface area contributed by atoms with Crippen LogP contribution in [0.25, 0.3) is 0 Å². The smallest absolute Gasteiger partial charge is 0.303 e. The van der Waals surface area contributed by atoms with Crippen molar-refractivity contribution in [1.82, 2.24) is 4.90 Å². The van der Waals surface area contributed by atoms with Gasteiger partial charge in [0.15, 0.2) is 0 Å². The topological polar surface area (TPSA) is 57.6 Å². The monoisotopic (exact) mass is 381 g/mol. The van der Waals surface area contributed by atoms with Crippen molar-refractivity contribution in [3.8, 4) is 0 Å². The third-order valence-electron chi connectivity index (χ3n) is 4.56. The number of amides is 1. The van der Waals surface area contributed by atoms with Gasteiger partial charge in [0.25, 0.3) is 0 Å². The molecular formula is C18H24BrNO3. The summed E-state index contributed by atoms with van der Waals surface area (Å²) in [4.78, 5) is 25.2. The lowest BCUT2D eigenvalue weighted by Gasteiger charge is -2.33. The fraction of sp³-hybridized carbons (Fsp3) is 0.556. The molecule has 1 fully saturated rings. The average molecular weight is 382 g/mol. The molecule has 1 N–H and O–H groups in total. The minimum absolute atomic E-state index is 0.164. The maximum Gasteiger partial charge on any atom is 0.303 e. The normalized spacial score (nSPS) is 19.4. The highest BCUT2D eigenvalue weighted by Crippen LogP contribution is 2.28. The summed E-state index contributed by atoms with van der Waals surface area (Å²) in [6, 6.07) is 8.01. The summed E-state index contributed by atoms with van der Waals surface area (Å²) in [6.45, 7) is 3.57. The van der Waals surface area contributed by atoms with Gasteiger partial charge in [-0.2, -0.15) is 0 Å². The third kappa shape index (κ3) is 5.34. The van der Waals surface area contributed by atoms with Crippen molar-refractivity contribution >= 4 is 27.8 Å². The van der Waals surface area contributed by atoms with E-state index in [0.717, 1.165) is 29.4 Å². The minimum Gasteiger partial charge on any atom is -0.481 e. The molecule has 126 valence electrons. The van der Waals surface area contributed by atoms with Gasteiger partial charge in [0.1, 0.15) is 0 Å². The zero-order chi connectivity index (χ0) is 16.8. The largest absolute Gasteiger partial charge is 0.481 e. The van der Waals surface area contributed by atoms with E-state index in [1.165, 1.54) is 0 Å². The van der Waals surface area contributed by atoms with Crippen LogP contribution in [0, 0.1) is 5.92 Å². The molecule has 0 aromatic heterocycles. The molecule has 1 aliphatic heterocycles. The molecule has 0 unspecified atom stereocenters. The van der Waals surface area contributed by atoms with Gasteiger partial charge in [0.05, 0.1) is 0 Å². The van der Waals surface area contributed by atoms with E-state index in [2.05, 4.69) is 22.9 Å². The number of halogens is 1. The fourth-order valence-electron chi connectivity index (χ4n) is 3.23. The number of carboxylic acid groups (broad SMARTS) is 1. The van der Waals surface area contributed by atoms with Gasteiger partial charge in [-0.1, -0.05) is 41.1 Å². The SMILES string of the molecule is C[C@@H](CC(=O)N1CCC[C@H](CCC(=O)O)C1)c1ccccc1Br. The van der Waals surface area contributed by atoms with E-state index in [0.29, 0.717) is 25.3 Å². The molecular weight excluding hydrogens is 358 g/mol. The maximum absolute atomic E-state index is 12.6. The molecule has 0 radical (unpaired) electrons. The number of hydrogen-bond acceptors (Lipinski definition) is 2. The number of carbonyl (C=O) groups excluding carboxylic acids is 1. The lowest BCUT2D eigenvalue weighted by molar-refractivity contribution is -0.137. The molecule has 1 heterocycles. The lowest BCUT2D eigenvalue weighted by Crippen LogP contribution is -2.40. The number of hydrogen-bond donors (Lipinski definition) is 1. The molecule has 1 aliphatic rings. The van der Waals surface area contributed by atoms with Gasteiger partial charge in [-0.05, 0) is 42.7 Å². The Bertz CT molecular complexity index is 561. The minimum atomic E-state index is -0.754. The second kappa shape index (κ2) is 8.48. The van der Waals surface area contributed by atoms with E-state index in [4.69, 9.17) is 5.11 Å². The summed E-state index contributed by atoms with van der Waals surface area (Å²) in [6.07, 6.45) is 3.35. The highest BCUT2D eigenvalue weighted by atomic mass is 79.9. The van der Waals surface area contributed by atoms with E-state index in [9.17, 15) is 9.59 Å². The standard InChI is InChI=1S/C18H24BrNO3/c1-13(15-6-2-3-7-16(15)19)11-17(21)20-10-4-5-14(12-20)8-9-18(22)23/h2-3,6-7,13-14H,4-5,8-12H2,1H3,(H,22,23)/t13-,14+/m0/s1. The Kier molecular flexibility index (Phi) is 6.63. The Morgan fingerprint density at radius 2 is 2.13 bits per heavy atom. The van der Waals surface area contributed by atoms with Crippen molar-refractivity contribution in [2.45, 2.75) is 44.9 Å². The van der Waals surface area contributed by atoms with Crippen molar-refractivity contribution in [1.29, 1.82) is 0 Å². The quantitative estimate of drug-likeness (QED) is 0.808. The molecule has 23 heavy (non-hydrogen) atoms. The van der Waals surface area contributed by atoms with Crippen molar-refractivity contribution in [3.05, 3.63) is 34.3 Å². The molecule has 1 aromatic carbocycles. The Morgan fingerprint density at radius 3 is 2.83 bits per heavy atom. The molecule has 0 spiro atoms. The van der Waals surface area contributed by atoms with Crippen LogP contribution in [0.5, 0.6) is 0 Å². The summed E-state index contributed by atoms with van der Waals surface area (Å²) in [5.41, 5.74) is 1.15. The molecule has 1 amide bonds. The molecule has 2 atom stereocenters. The van der Waals surface area contributed by atoms with Gasteiger partial charge in [0.2, 0.25) is 5.91 Å². The summed E-state index contributed by atoms with van der Waals surface area (Å²) < 4.78 is 1.04. The average Bonchev–Trinajstić information content (AvgIpc) is 2.53. The third-order valence-corrected chi connectivity index (χ3v) is 5.28. The zero-order valence-electron chi connectivity index (χ0n) is 13.5. The summed E-state index contributed by atoms with van der Waals surface area (Å²) in [5.74, 6) is -0.0932. The summed E-state index contributed by atoms with van der Waals surface area (Å²) in [7, 11) is 0. The number of nitrogens with zero attached hydrogens (tertiary/aromatic N) is 1. The van der Waals surface area contributed by atoms with Crippen molar-refractivity contribution in [2.75, 3.05) is 13.1 Å². The van der Waals surface area contributed by atoms with Gasteiger partial charge >= 0.3 is 5.97 Å². The molecule has 0 saturated carbocycles. The molecule has 1 aromatic rings. The lowest BCUT2D eigenvalue weighted by atomic mass is 9.92. The van der Waals surface area contributed by atoms with Crippen LogP contribution >= 0.6 is 15.9 Å². The molecule has 5 heteroatoms. The number of likely N-dealkylation sites (tertiary alicyclic amines) is 1. The van der Waals surface area contributed by atoms with Crippen LogP contribution in [0.4, 0.5) is 0 Å². The Morgan fingerprint density at radius 1 is 1.39 bits per heavy atom. The van der Waals surface area contributed by atoms with Gasteiger partial charge in [0, 0.05) is 30.4 Å². The van der Waals surface area contributed by atoms with Gasteiger partial charge in [-0.15, -0.1) is 0 Å². The first-order valence-electron chi connectivity index (χ1n) is 8.21. The summed E-state index contributed by atoms with van der Waals surface area (Å²) in [5, 5.41) is 8.81. The second-order valence-electron chi connectivity index (χ2n) is 6.41. The predicted molar refractivity (Wildman–Crippen MR) is 93.3 cm³/mol. The van der Waals surface area contributed by atoms with Crippen LogP contribution < -0.4 is 0 Å². The Balaban J connectivity index is 1.89. The van der Waals surface area contributed by atoms with Crippen LogP contribution in [0.3, 0.4) is 0 Å². The first kappa shape index (κ1) is 18.0. The molecule has 0 aliphatic carbocycles. The number of carboxylic acids is 1. The first-order valence-corrected chi connectivity index (χ1v) is 9.00. The van der Waals surface area contributed by atoms with Crippen molar-refractivity contribution in [3.63, 3.8) is 0 Å². The number of rotatable bonds is 6. The zero-order valence-corrected chi connectivity index (χ0v) is 15.1. The Labute approximate surface area is 146 Å². The number of carbonyl (C=O) groups is 2. The highest BCUT2D eigenvalue weighted by molar-refractivity contribution is 9.10. The van der Waals surface area contributed by atoms with Crippen LogP contribution in [-0.2, 0) is 9.59 Å². The van der Waals surface area contributed by atoms with Crippen molar-refractivity contribution < 1.29 is 14.7 Å². The predicted octanol–water partition coefficient (Wildman–Crippen LogP) is 4.05. The van der Waals surface area contributed by atoms with E-state index in [1.807, 2.05) is 29.2 Å². The van der Waals surface area contributed by atoms with Crippen LogP contribution in [0.1, 0.15) is 50.5 Å².